The molecule has 0 radical (unpaired) electrons. The molecule has 3 aromatic carbocycles. The Labute approximate surface area is 215 Å². The SMILES string of the molecule is CCOc1cc(/C=N\NC(=O)C(=O)Nc2ccccc2CC)ccc1OCC(=O)NCc1ccccc1. The van der Waals surface area contributed by atoms with Crippen LogP contribution < -0.4 is 25.5 Å². The van der Waals surface area contributed by atoms with Gasteiger partial charge >= 0.3 is 11.8 Å². The van der Waals surface area contributed by atoms with E-state index in [9.17, 15) is 14.4 Å². The van der Waals surface area contributed by atoms with Gasteiger partial charge in [0.25, 0.3) is 5.91 Å². The standard InChI is InChI=1S/C28H30N4O5/c1-3-22-12-8-9-13-23(22)31-27(34)28(35)32-30-18-21-14-15-24(25(16-21)36-4-2)37-19-26(33)29-17-20-10-6-5-7-11-20/h5-16,18H,3-4,17,19H2,1-2H3,(H,29,33)(H,31,34)(H,32,35)/b30-18-. The fraction of sp³-hybridized carbons (Fsp3) is 0.214. The maximum Gasteiger partial charge on any atom is 0.329 e. The molecule has 0 aliphatic rings. The number of carbonyl (C=O) groups excluding carboxylic acids is 3. The van der Waals surface area contributed by atoms with Crippen LogP contribution in [0.25, 0.3) is 0 Å². The second-order valence-corrected chi connectivity index (χ2v) is 7.85. The molecule has 9 heteroatoms. The highest BCUT2D eigenvalue weighted by atomic mass is 16.5. The quantitative estimate of drug-likeness (QED) is 0.211. The van der Waals surface area contributed by atoms with Crippen molar-refractivity contribution in [3.8, 4) is 11.5 Å². The van der Waals surface area contributed by atoms with Gasteiger partial charge in [-0.15, -0.1) is 0 Å². The van der Waals surface area contributed by atoms with Crippen LogP contribution in [0, 0.1) is 0 Å². The fourth-order valence-corrected chi connectivity index (χ4v) is 3.33. The summed E-state index contributed by atoms with van der Waals surface area (Å²) in [6, 6.07) is 21.8. The van der Waals surface area contributed by atoms with Crippen molar-refractivity contribution in [2.24, 2.45) is 5.10 Å². The Hall–Kier alpha value is -4.66. The van der Waals surface area contributed by atoms with Crippen molar-refractivity contribution in [1.82, 2.24) is 10.7 Å². The number of amides is 3. The number of benzene rings is 3. The van der Waals surface area contributed by atoms with Gasteiger partial charge in [0.1, 0.15) is 0 Å². The number of aryl methyl sites for hydroxylation is 1. The lowest BCUT2D eigenvalue weighted by molar-refractivity contribution is -0.136. The lowest BCUT2D eigenvalue weighted by atomic mass is 10.1. The minimum absolute atomic E-state index is 0.174. The molecule has 0 heterocycles. The number of nitrogens with one attached hydrogen (secondary N) is 3. The van der Waals surface area contributed by atoms with Crippen LogP contribution in [0.15, 0.2) is 77.9 Å². The second kappa shape index (κ2) is 14.0. The molecule has 192 valence electrons. The van der Waals surface area contributed by atoms with E-state index >= 15 is 0 Å². The Bertz CT molecular complexity index is 1240. The predicted molar refractivity (Wildman–Crippen MR) is 142 cm³/mol. The van der Waals surface area contributed by atoms with E-state index < -0.39 is 11.8 Å². The monoisotopic (exact) mass is 502 g/mol. The average molecular weight is 503 g/mol. The molecule has 3 N–H and O–H groups in total. The molecule has 0 aromatic heterocycles. The molecule has 0 saturated carbocycles. The highest BCUT2D eigenvalue weighted by Crippen LogP contribution is 2.28. The fourth-order valence-electron chi connectivity index (χ4n) is 3.33. The summed E-state index contributed by atoms with van der Waals surface area (Å²) in [6.45, 7) is 4.40. The van der Waals surface area contributed by atoms with Gasteiger partial charge in [-0.2, -0.15) is 5.10 Å². The molecule has 0 aliphatic heterocycles. The highest BCUT2D eigenvalue weighted by molar-refractivity contribution is 6.39. The summed E-state index contributed by atoms with van der Waals surface area (Å²) in [6.07, 6.45) is 2.10. The summed E-state index contributed by atoms with van der Waals surface area (Å²) in [4.78, 5) is 36.5. The number of carbonyl (C=O) groups is 3. The van der Waals surface area contributed by atoms with Crippen LogP contribution in [-0.4, -0.2) is 37.1 Å². The molecule has 0 saturated heterocycles. The predicted octanol–water partition coefficient (Wildman–Crippen LogP) is 3.43. The van der Waals surface area contributed by atoms with Crippen LogP contribution >= 0.6 is 0 Å². The van der Waals surface area contributed by atoms with Crippen molar-refractivity contribution >= 4 is 29.6 Å². The molecule has 0 spiro atoms. The van der Waals surface area contributed by atoms with E-state index in [1.807, 2.05) is 56.3 Å². The summed E-state index contributed by atoms with van der Waals surface area (Å²) >= 11 is 0. The number of para-hydroxylation sites is 1. The zero-order valence-electron chi connectivity index (χ0n) is 20.8. The van der Waals surface area contributed by atoms with Gasteiger partial charge in [0, 0.05) is 12.2 Å². The molecule has 0 unspecified atom stereocenters. The number of anilines is 1. The average Bonchev–Trinajstić information content (AvgIpc) is 2.92. The molecule has 37 heavy (non-hydrogen) atoms. The molecule has 3 aromatic rings. The molecular formula is C28H30N4O5. The van der Waals surface area contributed by atoms with Gasteiger partial charge in [0.2, 0.25) is 0 Å². The third-order valence-electron chi connectivity index (χ3n) is 5.19. The first-order chi connectivity index (χ1) is 18.0. The Morgan fingerprint density at radius 2 is 1.62 bits per heavy atom. The van der Waals surface area contributed by atoms with Gasteiger partial charge in [-0.25, -0.2) is 5.43 Å². The smallest absolute Gasteiger partial charge is 0.329 e. The third-order valence-corrected chi connectivity index (χ3v) is 5.19. The van der Waals surface area contributed by atoms with E-state index in [-0.39, 0.29) is 12.5 Å². The largest absolute Gasteiger partial charge is 0.490 e. The number of hydrazone groups is 1. The highest BCUT2D eigenvalue weighted by Gasteiger charge is 2.14. The van der Waals surface area contributed by atoms with Gasteiger partial charge in [0.15, 0.2) is 18.1 Å². The Kier molecular flexibility index (Phi) is 10.2. The summed E-state index contributed by atoms with van der Waals surface area (Å²) < 4.78 is 11.3. The van der Waals surface area contributed by atoms with Gasteiger partial charge in [-0.05, 0) is 54.3 Å². The first kappa shape index (κ1) is 26.9. The zero-order chi connectivity index (χ0) is 26.5. The number of hydrogen-bond donors (Lipinski definition) is 3. The third kappa shape index (κ3) is 8.50. The Balaban J connectivity index is 1.53. The van der Waals surface area contributed by atoms with Crippen molar-refractivity contribution < 1.29 is 23.9 Å². The van der Waals surface area contributed by atoms with Crippen LogP contribution in [0.3, 0.4) is 0 Å². The summed E-state index contributed by atoms with van der Waals surface area (Å²) in [5, 5.41) is 9.25. The topological polar surface area (TPSA) is 118 Å². The lowest BCUT2D eigenvalue weighted by Crippen LogP contribution is -2.32. The van der Waals surface area contributed by atoms with E-state index in [0.29, 0.717) is 35.9 Å². The van der Waals surface area contributed by atoms with Crippen LogP contribution in [0.5, 0.6) is 11.5 Å². The van der Waals surface area contributed by atoms with Crippen molar-refractivity contribution in [3.05, 3.63) is 89.5 Å². The normalized spacial score (nSPS) is 10.5. The number of nitrogens with zero attached hydrogens (tertiary/aromatic N) is 1. The van der Waals surface area contributed by atoms with Gasteiger partial charge < -0.3 is 20.1 Å². The summed E-state index contributed by atoms with van der Waals surface area (Å²) in [5.41, 5.74) is 5.31. The number of rotatable bonds is 11. The summed E-state index contributed by atoms with van der Waals surface area (Å²) in [5.74, 6) is -1.16. The van der Waals surface area contributed by atoms with E-state index in [4.69, 9.17) is 9.47 Å². The maximum atomic E-state index is 12.2. The first-order valence-electron chi connectivity index (χ1n) is 11.9. The lowest BCUT2D eigenvalue weighted by Gasteiger charge is -2.12. The minimum atomic E-state index is -0.895. The molecule has 3 amide bonds. The molecule has 0 bridgehead atoms. The van der Waals surface area contributed by atoms with E-state index in [2.05, 4.69) is 21.2 Å². The van der Waals surface area contributed by atoms with Gasteiger partial charge in [-0.1, -0.05) is 55.5 Å². The Morgan fingerprint density at radius 1 is 0.865 bits per heavy atom. The van der Waals surface area contributed by atoms with Crippen molar-refractivity contribution in [1.29, 1.82) is 0 Å². The van der Waals surface area contributed by atoms with Crippen molar-refractivity contribution in [3.63, 3.8) is 0 Å². The van der Waals surface area contributed by atoms with Crippen LogP contribution in [0.4, 0.5) is 5.69 Å². The molecule has 0 aliphatic carbocycles. The maximum absolute atomic E-state index is 12.2. The number of hydrogen-bond acceptors (Lipinski definition) is 6. The van der Waals surface area contributed by atoms with Crippen LogP contribution in [0.1, 0.15) is 30.5 Å². The van der Waals surface area contributed by atoms with Gasteiger partial charge in [-0.3, -0.25) is 14.4 Å². The van der Waals surface area contributed by atoms with Crippen molar-refractivity contribution in [2.45, 2.75) is 26.8 Å². The molecule has 3 rings (SSSR count). The zero-order valence-corrected chi connectivity index (χ0v) is 20.8. The first-order valence-corrected chi connectivity index (χ1v) is 11.9. The van der Waals surface area contributed by atoms with E-state index in [1.165, 1.54) is 6.21 Å². The number of ether oxygens (including phenoxy) is 2. The van der Waals surface area contributed by atoms with E-state index in [0.717, 1.165) is 17.5 Å². The van der Waals surface area contributed by atoms with Crippen LogP contribution in [-0.2, 0) is 27.3 Å². The Morgan fingerprint density at radius 3 is 2.38 bits per heavy atom. The molecule has 9 nitrogen and oxygen atoms in total. The van der Waals surface area contributed by atoms with Crippen LogP contribution in [0.2, 0.25) is 0 Å². The summed E-state index contributed by atoms with van der Waals surface area (Å²) in [7, 11) is 0. The molecule has 0 atom stereocenters. The molecular weight excluding hydrogens is 472 g/mol. The van der Waals surface area contributed by atoms with E-state index in [1.54, 1.807) is 30.3 Å². The van der Waals surface area contributed by atoms with Crippen molar-refractivity contribution in [2.75, 3.05) is 18.5 Å². The minimum Gasteiger partial charge on any atom is -0.490 e. The van der Waals surface area contributed by atoms with Gasteiger partial charge in [0.05, 0.1) is 12.8 Å². The second-order valence-electron chi connectivity index (χ2n) is 7.85. The molecule has 0 fully saturated rings.